The van der Waals surface area contributed by atoms with Crippen molar-refractivity contribution in [3.05, 3.63) is 36.4 Å². The van der Waals surface area contributed by atoms with Gasteiger partial charge >= 0.3 is 0 Å². The lowest BCUT2D eigenvalue weighted by Crippen LogP contribution is -2.21. The van der Waals surface area contributed by atoms with Crippen LogP contribution in [0, 0.1) is 0 Å². The summed E-state index contributed by atoms with van der Waals surface area (Å²) in [6.45, 7) is 6.25. The molecule has 0 unspecified atom stereocenters. The van der Waals surface area contributed by atoms with Crippen LogP contribution >= 0.6 is 0 Å². The number of rotatable bonds is 5. The molecule has 5 heteroatoms. The Bertz CT molecular complexity index is 586. The molecule has 0 radical (unpaired) electrons. The fraction of sp³-hybridized carbons (Fsp3) is 0.500. The molecule has 0 saturated carbocycles. The van der Waals surface area contributed by atoms with Crippen molar-refractivity contribution in [2.45, 2.75) is 32.9 Å². The van der Waals surface area contributed by atoms with E-state index in [-0.39, 0.29) is 0 Å². The van der Waals surface area contributed by atoms with Crippen LogP contribution < -0.4 is 9.80 Å². The molecule has 1 saturated heterocycles. The van der Waals surface area contributed by atoms with E-state index in [2.05, 4.69) is 62.8 Å². The number of anilines is 2. The van der Waals surface area contributed by atoms with Crippen molar-refractivity contribution in [1.29, 1.82) is 0 Å². The zero-order valence-electron chi connectivity index (χ0n) is 12.9. The van der Waals surface area contributed by atoms with Gasteiger partial charge in [0.2, 0.25) is 0 Å². The Kier molecular flexibility index (Phi) is 4.08. The first-order valence-corrected chi connectivity index (χ1v) is 7.69. The number of hydrogen-bond donors (Lipinski definition) is 0. The van der Waals surface area contributed by atoms with Gasteiger partial charge < -0.3 is 14.4 Å². The Morgan fingerprint density at radius 2 is 2.05 bits per heavy atom. The summed E-state index contributed by atoms with van der Waals surface area (Å²) >= 11 is 0. The van der Waals surface area contributed by atoms with Crippen molar-refractivity contribution in [2.75, 3.05) is 29.9 Å². The van der Waals surface area contributed by atoms with E-state index in [1.807, 2.05) is 0 Å². The Morgan fingerprint density at radius 3 is 2.76 bits per heavy atom. The highest BCUT2D eigenvalue weighted by Crippen LogP contribution is 2.21. The zero-order valence-corrected chi connectivity index (χ0v) is 12.9. The molecular formula is C16H23N5. The van der Waals surface area contributed by atoms with Gasteiger partial charge in [-0.2, -0.15) is 0 Å². The SMILES string of the molecule is CCn1ccc(CN(C)c2cc(N3CCCC3)ncn2)c1. The van der Waals surface area contributed by atoms with Crippen LogP contribution in [0.2, 0.25) is 0 Å². The van der Waals surface area contributed by atoms with Crippen molar-refractivity contribution in [1.82, 2.24) is 14.5 Å². The topological polar surface area (TPSA) is 37.2 Å². The minimum Gasteiger partial charge on any atom is -0.356 e. The van der Waals surface area contributed by atoms with E-state index in [0.717, 1.165) is 37.8 Å². The van der Waals surface area contributed by atoms with Crippen LogP contribution in [0.4, 0.5) is 11.6 Å². The summed E-state index contributed by atoms with van der Waals surface area (Å²) in [4.78, 5) is 13.3. The maximum absolute atomic E-state index is 4.42. The molecule has 21 heavy (non-hydrogen) atoms. The maximum Gasteiger partial charge on any atom is 0.134 e. The third kappa shape index (κ3) is 3.17. The molecule has 0 amide bonds. The Hall–Kier alpha value is -2.04. The van der Waals surface area contributed by atoms with Crippen LogP contribution in [0.1, 0.15) is 25.3 Å². The standard InChI is InChI=1S/C16H23N5/c1-3-20-9-6-14(12-20)11-19(2)15-10-16(18-13-17-15)21-7-4-5-8-21/h6,9-10,12-13H,3-5,7-8,11H2,1-2H3. The van der Waals surface area contributed by atoms with E-state index in [1.54, 1.807) is 6.33 Å². The predicted molar refractivity (Wildman–Crippen MR) is 85.7 cm³/mol. The smallest absolute Gasteiger partial charge is 0.134 e. The molecule has 1 aliphatic rings. The van der Waals surface area contributed by atoms with E-state index in [1.165, 1.54) is 18.4 Å². The summed E-state index contributed by atoms with van der Waals surface area (Å²) < 4.78 is 2.19. The second kappa shape index (κ2) is 6.16. The van der Waals surface area contributed by atoms with Crippen molar-refractivity contribution in [3.8, 4) is 0 Å². The van der Waals surface area contributed by atoms with E-state index < -0.39 is 0 Å². The lowest BCUT2D eigenvalue weighted by atomic mass is 10.3. The van der Waals surface area contributed by atoms with Gasteiger partial charge in [0.15, 0.2) is 0 Å². The van der Waals surface area contributed by atoms with Gasteiger partial charge in [0.25, 0.3) is 0 Å². The molecule has 0 atom stereocenters. The third-order valence-electron chi connectivity index (χ3n) is 4.06. The molecule has 0 aliphatic carbocycles. The maximum atomic E-state index is 4.42. The minimum absolute atomic E-state index is 0.865. The van der Waals surface area contributed by atoms with E-state index in [4.69, 9.17) is 0 Å². The van der Waals surface area contributed by atoms with Gasteiger partial charge in [-0.05, 0) is 31.4 Å². The molecule has 1 aliphatic heterocycles. The third-order valence-corrected chi connectivity index (χ3v) is 4.06. The predicted octanol–water partition coefficient (Wildman–Crippen LogP) is 2.53. The molecule has 0 bridgehead atoms. The van der Waals surface area contributed by atoms with Gasteiger partial charge in [-0.3, -0.25) is 0 Å². The van der Waals surface area contributed by atoms with Crippen LogP contribution in [0.3, 0.4) is 0 Å². The lowest BCUT2D eigenvalue weighted by molar-refractivity contribution is 0.763. The number of nitrogens with zero attached hydrogens (tertiary/aromatic N) is 5. The van der Waals surface area contributed by atoms with Gasteiger partial charge in [-0.1, -0.05) is 0 Å². The van der Waals surface area contributed by atoms with Crippen LogP contribution in [0.5, 0.6) is 0 Å². The summed E-state index contributed by atoms with van der Waals surface area (Å²) in [5.41, 5.74) is 1.31. The Balaban J connectivity index is 1.71. The molecule has 2 aromatic heterocycles. The molecule has 5 nitrogen and oxygen atoms in total. The van der Waals surface area contributed by atoms with Crippen molar-refractivity contribution < 1.29 is 0 Å². The van der Waals surface area contributed by atoms with E-state index in [0.29, 0.717) is 0 Å². The molecule has 112 valence electrons. The Morgan fingerprint density at radius 1 is 1.24 bits per heavy atom. The van der Waals surface area contributed by atoms with Crippen molar-refractivity contribution >= 4 is 11.6 Å². The summed E-state index contributed by atoms with van der Waals surface area (Å²) in [5.74, 6) is 2.03. The molecule has 2 aromatic rings. The quantitative estimate of drug-likeness (QED) is 0.846. The molecule has 0 spiro atoms. The van der Waals surface area contributed by atoms with Crippen molar-refractivity contribution in [2.24, 2.45) is 0 Å². The largest absolute Gasteiger partial charge is 0.356 e. The molecule has 3 heterocycles. The van der Waals surface area contributed by atoms with Crippen LogP contribution in [0.15, 0.2) is 30.9 Å². The highest BCUT2D eigenvalue weighted by Gasteiger charge is 2.15. The van der Waals surface area contributed by atoms with Gasteiger partial charge in [-0.15, -0.1) is 0 Å². The van der Waals surface area contributed by atoms with Gasteiger partial charge in [0, 0.05) is 51.7 Å². The number of hydrogen-bond acceptors (Lipinski definition) is 4. The summed E-state index contributed by atoms with van der Waals surface area (Å²) in [6.07, 6.45) is 8.52. The fourth-order valence-corrected chi connectivity index (χ4v) is 2.80. The van der Waals surface area contributed by atoms with Gasteiger partial charge in [0.05, 0.1) is 0 Å². The Labute approximate surface area is 126 Å². The highest BCUT2D eigenvalue weighted by atomic mass is 15.2. The molecule has 3 rings (SSSR count). The first-order chi connectivity index (χ1) is 10.3. The summed E-state index contributed by atoms with van der Waals surface area (Å²) in [7, 11) is 2.08. The van der Waals surface area contributed by atoms with Gasteiger partial charge in [0.1, 0.15) is 18.0 Å². The van der Waals surface area contributed by atoms with Crippen molar-refractivity contribution in [3.63, 3.8) is 0 Å². The van der Waals surface area contributed by atoms with Crippen LogP contribution in [0.25, 0.3) is 0 Å². The number of aromatic nitrogens is 3. The lowest BCUT2D eigenvalue weighted by Gasteiger charge is -2.21. The number of aryl methyl sites for hydroxylation is 1. The highest BCUT2D eigenvalue weighted by molar-refractivity contribution is 5.50. The molecule has 1 fully saturated rings. The molecule has 0 N–H and O–H groups in total. The van der Waals surface area contributed by atoms with Crippen LogP contribution in [-0.4, -0.2) is 34.7 Å². The van der Waals surface area contributed by atoms with Gasteiger partial charge in [-0.25, -0.2) is 9.97 Å². The fourth-order valence-electron chi connectivity index (χ4n) is 2.80. The average molecular weight is 285 g/mol. The minimum atomic E-state index is 0.865. The zero-order chi connectivity index (χ0) is 14.7. The second-order valence-electron chi connectivity index (χ2n) is 5.63. The van der Waals surface area contributed by atoms with E-state index >= 15 is 0 Å². The normalized spacial score (nSPS) is 14.7. The molecule has 0 aromatic carbocycles. The first kappa shape index (κ1) is 13.9. The average Bonchev–Trinajstić information content (AvgIpc) is 3.18. The van der Waals surface area contributed by atoms with E-state index in [9.17, 15) is 0 Å². The second-order valence-corrected chi connectivity index (χ2v) is 5.63. The van der Waals surface area contributed by atoms with Crippen LogP contribution in [-0.2, 0) is 13.1 Å². The first-order valence-electron chi connectivity index (χ1n) is 7.69. The monoisotopic (exact) mass is 285 g/mol. The summed E-state index contributed by atoms with van der Waals surface area (Å²) in [5, 5.41) is 0. The summed E-state index contributed by atoms with van der Waals surface area (Å²) in [6, 6.07) is 4.27. The molecular weight excluding hydrogens is 262 g/mol.